The topological polar surface area (TPSA) is 67.1 Å². The summed E-state index contributed by atoms with van der Waals surface area (Å²) in [6.07, 6.45) is 3.92. The Balaban J connectivity index is 0.00000400. The van der Waals surface area contributed by atoms with Crippen molar-refractivity contribution in [1.82, 2.24) is 25.4 Å². The van der Waals surface area contributed by atoms with Gasteiger partial charge >= 0.3 is 0 Å². The second-order valence-electron chi connectivity index (χ2n) is 5.51. The van der Waals surface area contributed by atoms with Crippen LogP contribution in [-0.2, 0) is 13.6 Å². The van der Waals surface area contributed by atoms with E-state index < -0.39 is 0 Å². The molecule has 0 aliphatic carbocycles. The number of hydrogen-bond acceptors (Lipinski definition) is 3. The molecule has 2 N–H and O–H groups in total. The van der Waals surface area contributed by atoms with Gasteiger partial charge < -0.3 is 10.6 Å². The molecular weight excluding hydrogens is 379 g/mol. The van der Waals surface area contributed by atoms with Crippen molar-refractivity contribution >= 4 is 29.9 Å². The molecule has 1 rings (SSSR count). The van der Waals surface area contributed by atoms with Gasteiger partial charge in [-0.3, -0.25) is 4.68 Å². The molecule has 0 aliphatic heterocycles. The van der Waals surface area contributed by atoms with Crippen molar-refractivity contribution in [3.63, 3.8) is 0 Å². The summed E-state index contributed by atoms with van der Waals surface area (Å²) in [4.78, 5) is 8.73. The highest BCUT2D eigenvalue weighted by atomic mass is 127. The molecule has 1 aromatic heterocycles. The third kappa shape index (κ3) is 8.23. The Hall–Kier alpha value is -0.860. The molecule has 0 aliphatic rings. The van der Waals surface area contributed by atoms with Crippen LogP contribution in [0, 0.1) is 5.92 Å². The Labute approximate surface area is 145 Å². The standard InChI is InChI=1S/C14H28N6.HI/c1-6-15-14(19-12(4)8-7-11(2)3)16-9-13-17-10-18-20(13)5;/h10-12H,6-9H2,1-5H3,(H2,15,16,19);1H. The van der Waals surface area contributed by atoms with Crippen LogP contribution in [0.4, 0.5) is 0 Å². The average molecular weight is 408 g/mol. The van der Waals surface area contributed by atoms with Gasteiger partial charge in [0.2, 0.25) is 0 Å². The number of nitrogens with zero attached hydrogens (tertiary/aromatic N) is 4. The highest BCUT2D eigenvalue weighted by molar-refractivity contribution is 14.0. The molecule has 1 aromatic rings. The van der Waals surface area contributed by atoms with E-state index in [0.29, 0.717) is 12.6 Å². The van der Waals surface area contributed by atoms with Crippen molar-refractivity contribution in [3.8, 4) is 0 Å². The maximum Gasteiger partial charge on any atom is 0.191 e. The van der Waals surface area contributed by atoms with Crippen LogP contribution in [0.1, 0.15) is 46.4 Å². The molecule has 6 nitrogen and oxygen atoms in total. The minimum Gasteiger partial charge on any atom is -0.357 e. The third-order valence-electron chi connectivity index (χ3n) is 3.09. The number of nitrogens with one attached hydrogen (secondary N) is 2. The summed E-state index contributed by atoms with van der Waals surface area (Å²) in [5.74, 6) is 2.43. The van der Waals surface area contributed by atoms with Crippen LogP contribution in [-0.4, -0.2) is 33.3 Å². The van der Waals surface area contributed by atoms with Gasteiger partial charge in [0.1, 0.15) is 18.7 Å². The Kier molecular flexibility index (Phi) is 10.4. The summed E-state index contributed by atoms with van der Waals surface area (Å²) in [6, 6.07) is 0.412. The van der Waals surface area contributed by atoms with Crippen LogP contribution in [0.25, 0.3) is 0 Å². The minimum absolute atomic E-state index is 0. The van der Waals surface area contributed by atoms with Gasteiger partial charge in [-0.05, 0) is 32.6 Å². The summed E-state index contributed by atoms with van der Waals surface area (Å²) >= 11 is 0. The van der Waals surface area contributed by atoms with E-state index in [1.807, 2.05) is 7.05 Å². The van der Waals surface area contributed by atoms with E-state index in [1.165, 1.54) is 6.42 Å². The van der Waals surface area contributed by atoms with Gasteiger partial charge in [-0.2, -0.15) is 5.10 Å². The summed E-state index contributed by atoms with van der Waals surface area (Å²) in [5.41, 5.74) is 0. The van der Waals surface area contributed by atoms with Gasteiger partial charge in [0.25, 0.3) is 0 Å². The molecule has 7 heteroatoms. The van der Waals surface area contributed by atoms with Crippen LogP contribution < -0.4 is 10.6 Å². The molecule has 1 heterocycles. The first-order valence-electron chi connectivity index (χ1n) is 7.40. The maximum absolute atomic E-state index is 4.55. The van der Waals surface area contributed by atoms with Crippen molar-refractivity contribution in [1.29, 1.82) is 0 Å². The van der Waals surface area contributed by atoms with E-state index in [2.05, 4.69) is 53.4 Å². The number of aromatic nitrogens is 3. The van der Waals surface area contributed by atoms with Crippen molar-refractivity contribution in [2.45, 2.75) is 53.1 Å². The molecular formula is C14H29IN6. The van der Waals surface area contributed by atoms with Crippen molar-refractivity contribution < 1.29 is 0 Å². The first-order chi connectivity index (χ1) is 9.52. The van der Waals surface area contributed by atoms with Crippen molar-refractivity contribution in [2.75, 3.05) is 6.54 Å². The van der Waals surface area contributed by atoms with E-state index in [-0.39, 0.29) is 24.0 Å². The second kappa shape index (κ2) is 10.8. The fourth-order valence-electron chi connectivity index (χ4n) is 1.82. The molecule has 0 saturated carbocycles. The van der Waals surface area contributed by atoms with E-state index in [9.17, 15) is 0 Å². The van der Waals surface area contributed by atoms with Gasteiger partial charge in [-0.1, -0.05) is 13.8 Å². The SMILES string of the molecule is CCNC(=NCc1ncnn1C)NC(C)CCC(C)C.I. The Morgan fingerprint density at radius 3 is 2.57 bits per heavy atom. The van der Waals surface area contributed by atoms with Crippen LogP contribution in [0.5, 0.6) is 0 Å². The second-order valence-corrected chi connectivity index (χ2v) is 5.51. The van der Waals surface area contributed by atoms with Gasteiger partial charge in [-0.25, -0.2) is 9.98 Å². The molecule has 0 aromatic carbocycles. The Morgan fingerprint density at radius 1 is 1.33 bits per heavy atom. The van der Waals surface area contributed by atoms with E-state index >= 15 is 0 Å². The molecule has 0 radical (unpaired) electrons. The van der Waals surface area contributed by atoms with Gasteiger partial charge in [-0.15, -0.1) is 24.0 Å². The van der Waals surface area contributed by atoms with E-state index in [0.717, 1.165) is 30.7 Å². The summed E-state index contributed by atoms with van der Waals surface area (Å²) in [5, 5.41) is 10.7. The summed E-state index contributed by atoms with van der Waals surface area (Å²) in [7, 11) is 1.88. The Morgan fingerprint density at radius 2 is 2.05 bits per heavy atom. The lowest BCUT2D eigenvalue weighted by Gasteiger charge is -2.18. The third-order valence-corrected chi connectivity index (χ3v) is 3.09. The van der Waals surface area contributed by atoms with E-state index in [1.54, 1.807) is 11.0 Å². The largest absolute Gasteiger partial charge is 0.357 e. The fraction of sp³-hybridized carbons (Fsp3) is 0.786. The van der Waals surface area contributed by atoms with Crippen molar-refractivity contribution in [3.05, 3.63) is 12.2 Å². The van der Waals surface area contributed by atoms with Crippen LogP contribution in [0.3, 0.4) is 0 Å². The summed E-state index contributed by atoms with van der Waals surface area (Å²) in [6.45, 7) is 10.1. The zero-order valence-corrected chi connectivity index (χ0v) is 16.1. The maximum atomic E-state index is 4.55. The zero-order valence-electron chi connectivity index (χ0n) is 13.8. The van der Waals surface area contributed by atoms with Gasteiger partial charge in [0.05, 0.1) is 0 Å². The molecule has 1 unspecified atom stereocenters. The van der Waals surface area contributed by atoms with Gasteiger partial charge in [0.15, 0.2) is 5.96 Å². The number of guanidine groups is 1. The fourth-order valence-corrected chi connectivity index (χ4v) is 1.82. The molecule has 0 saturated heterocycles. The minimum atomic E-state index is 0. The molecule has 1 atom stereocenters. The van der Waals surface area contributed by atoms with Crippen molar-refractivity contribution in [2.24, 2.45) is 18.0 Å². The lowest BCUT2D eigenvalue weighted by Crippen LogP contribution is -2.42. The van der Waals surface area contributed by atoms with Crippen LogP contribution in [0.2, 0.25) is 0 Å². The first-order valence-corrected chi connectivity index (χ1v) is 7.40. The molecule has 0 fully saturated rings. The number of aliphatic imine (C=N–C) groups is 1. The number of rotatable bonds is 7. The smallest absolute Gasteiger partial charge is 0.191 e. The predicted octanol–water partition coefficient (Wildman–Crippen LogP) is 2.31. The zero-order chi connectivity index (χ0) is 15.0. The number of hydrogen-bond donors (Lipinski definition) is 2. The highest BCUT2D eigenvalue weighted by Crippen LogP contribution is 2.06. The highest BCUT2D eigenvalue weighted by Gasteiger charge is 2.07. The number of halogens is 1. The molecule has 0 bridgehead atoms. The monoisotopic (exact) mass is 408 g/mol. The van der Waals surface area contributed by atoms with Crippen LogP contribution >= 0.6 is 24.0 Å². The van der Waals surface area contributed by atoms with Gasteiger partial charge in [0, 0.05) is 19.6 Å². The molecule has 0 spiro atoms. The molecule has 0 amide bonds. The quantitative estimate of drug-likeness (QED) is 0.413. The predicted molar refractivity (Wildman–Crippen MR) is 97.9 cm³/mol. The summed E-state index contributed by atoms with van der Waals surface area (Å²) < 4.78 is 1.75. The Bertz CT molecular complexity index is 415. The first kappa shape index (κ1) is 20.1. The van der Waals surface area contributed by atoms with E-state index in [4.69, 9.17) is 0 Å². The lowest BCUT2D eigenvalue weighted by molar-refractivity contribution is 0.489. The molecule has 21 heavy (non-hydrogen) atoms. The lowest BCUT2D eigenvalue weighted by atomic mass is 10.0. The van der Waals surface area contributed by atoms with Crippen LogP contribution in [0.15, 0.2) is 11.3 Å². The number of aryl methyl sites for hydroxylation is 1. The normalized spacial score (nSPS) is 13.0. The average Bonchev–Trinajstić information content (AvgIpc) is 2.79. The molecule has 122 valence electrons.